The molecule has 6 nitrogen and oxygen atoms in total. The molecular weight excluding hydrogens is 260 g/mol. The van der Waals surface area contributed by atoms with Crippen molar-refractivity contribution in [3.63, 3.8) is 0 Å². The fourth-order valence-corrected chi connectivity index (χ4v) is 3.13. The Morgan fingerprint density at radius 1 is 1.00 bits per heavy atom. The van der Waals surface area contributed by atoms with Crippen LogP contribution in [-0.2, 0) is 4.79 Å². The van der Waals surface area contributed by atoms with Gasteiger partial charge < -0.3 is 20.4 Å². The van der Waals surface area contributed by atoms with E-state index >= 15 is 0 Å². The number of carbonyl (C=O) groups excluding carboxylic acids is 1. The summed E-state index contributed by atoms with van der Waals surface area (Å²) in [6, 6.07) is -1.32. The quantitative estimate of drug-likeness (QED) is 0.667. The van der Waals surface area contributed by atoms with Gasteiger partial charge in [0, 0.05) is 6.54 Å². The summed E-state index contributed by atoms with van der Waals surface area (Å²) in [5.41, 5.74) is 0. The highest BCUT2D eigenvalue weighted by atomic mass is 16.4. The summed E-state index contributed by atoms with van der Waals surface area (Å²) in [7, 11) is 0. The first kappa shape index (κ1) is 15.1. The van der Waals surface area contributed by atoms with Crippen molar-refractivity contribution < 1.29 is 19.8 Å². The van der Waals surface area contributed by atoms with Crippen LogP contribution in [0.15, 0.2) is 0 Å². The number of likely N-dealkylation sites (tertiary alicyclic amines) is 1. The van der Waals surface area contributed by atoms with Gasteiger partial charge in [-0.05, 0) is 32.1 Å². The zero-order valence-corrected chi connectivity index (χ0v) is 11.8. The van der Waals surface area contributed by atoms with Crippen LogP contribution in [-0.4, -0.2) is 51.8 Å². The highest BCUT2D eigenvalue weighted by Gasteiger charge is 2.33. The number of nitrogens with zero attached hydrogens (tertiary/aromatic N) is 1. The molecule has 0 radical (unpaired) electrons. The molecule has 6 heteroatoms. The van der Waals surface area contributed by atoms with E-state index in [4.69, 9.17) is 0 Å². The second kappa shape index (κ2) is 6.92. The maximum atomic E-state index is 12.3. The molecule has 3 N–H and O–H groups in total. The fraction of sp³-hybridized carbons (Fsp3) is 0.857. The van der Waals surface area contributed by atoms with E-state index < -0.39 is 18.1 Å². The van der Waals surface area contributed by atoms with Crippen LogP contribution >= 0.6 is 0 Å². The largest absolute Gasteiger partial charge is 0.480 e. The predicted octanol–water partition coefficient (Wildman–Crippen LogP) is 1.33. The van der Waals surface area contributed by atoms with Crippen molar-refractivity contribution in [3.05, 3.63) is 0 Å². The van der Waals surface area contributed by atoms with Gasteiger partial charge in [-0.15, -0.1) is 0 Å². The van der Waals surface area contributed by atoms with Gasteiger partial charge in [0.2, 0.25) is 0 Å². The van der Waals surface area contributed by atoms with Crippen molar-refractivity contribution in [2.24, 2.45) is 0 Å². The number of amides is 2. The van der Waals surface area contributed by atoms with Gasteiger partial charge in [-0.1, -0.05) is 19.3 Å². The molecule has 1 saturated heterocycles. The summed E-state index contributed by atoms with van der Waals surface area (Å²) in [5.74, 6) is -0.943. The molecule has 0 aromatic rings. The van der Waals surface area contributed by atoms with Crippen molar-refractivity contribution in [1.82, 2.24) is 10.2 Å². The zero-order chi connectivity index (χ0) is 14.5. The van der Waals surface area contributed by atoms with Crippen molar-refractivity contribution >= 4 is 12.0 Å². The Balaban J connectivity index is 1.96. The van der Waals surface area contributed by atoms with Gasteiger partial charge in [0.25, 0.3) is 0 Å². The number of hydrogen-bond donors (Lipinski definition) is 3. The number of aliphatic hydroxyl groups excluding tert-OH is 1. The van der Waals surface area contributed by atoms with E-state index in [0.717, 1.165) is 38.5 Å². The molecule has 0 aromatic heterocycles. The summed E-state index contributed by atoms with van der Waals surface area (Å²) in [6.45, 7) is 0.478. The molecule has 2 rings (SSSR count). The average Bonchev–Trinajstić information content (AvgIpc) is 2.64. The Morgan fingerprint density at radius 3 is 2.45 bits per heavy atom. The van der Waals surface area contributed by atoms with Gasteiger partial charge in [0.15, 0.2) is 0 Å². The maximum absolute atomic E-state index is 12.3. The molecule has 2 amide bonds. The van der Waals surface area contributed by atoms with Crippen LogP contribution in [0.4, 0.5) is 4.79 Å². The number of carboxylic acid groups (broad SMARTS) is 1. The molecule has 0 spiro atoms. The number of carboxylic acids is 1. The number of nitrogens with one attached hydrogen (secondary N) is 1. The number of urea groups is 1. The van der Waals surface area contributed by atoms with E-state index in [1.165, 1.54) is 4.90 Å². The molecular formula is C14H24N2O4. The Morgan fingerprint density at radius 2 is 1.70 bits per heavy atom. The Bertz CT molecular complexity index is 361. The number of carbonyl (C=O) groups is 2. The Hall–Kier alpha value is -1.30. The third kappa shape index (κ3) is 3.62. The highest BCUT2D eigenvalue weighted by Crippen LogP contribution is 2.20. The SMILES string of the molecule is O=C(O)C1CCCCN1C(=O)NC1CCCCCC1O. The van der Waals surface area contributed by atoms with Crippen LogP contribution in [0.1, 0.15) is 51.4 Å². The topological polar surface area (TPSA) is 89.9 Å². The van der Waals surface area contributed by atoms with Gasteiger partial charge in [0.05, 0.1) is 12.1 Å². The molecule has 3 unspecified atom stereocenters. The van der Waals surface area contributed by atoms with Crippen molar-refractivity contribution in [1.29, 1.82) is 0 Å². The summed E-state index contributed by atoms with van der Waals surface area (Å²) in [5, 5.41) is 22.0. The lowest BCUT2D eigenvalue weighted by molar-refractivity contribution is -0.143. The van der Waals surface area contributed by atoms with E-state index in [0.29, 0.717) is 19.4 Å². The molecule has 0 aromatic carbocycles. The molecule has 1 aliphatic carbocycles. The minimum atomic E-state index is -0.943. The lowest BCUT2D eigenvalue weighted by atomic mass is 10.0. The molecule has 3 atom stereocenters. The van der Waals surface area contributed by atoms with Crippen molar-refractivity contribution in [2.45, 2.75) is 69.6 Å². The molecule has 0 bridgehead atoms. The number of piperidine rings is 1. The minimum Gasteiger partial charge on any atom is -0.480 e. The smallest absolute Gasteiger partial charge is 0.326 e. The molecule has 114 valence electrons. The maximum Gasteiger partial charge on any atom is 0.326 e. The molecule has 1 saturated carbocycles. The fourth-order valence-electron chi connectivity index (χ4n) is 3.13. The van der Waals surface area contributed by atoms with Crippen molar-refractivity contribution in [3.8, 4) is 0 Å². The molecule has 1 heterocycles. The lowest BCUT2D eigenvalue weighted by Crippen LogP contribution is -2.55. The molecule has 20 heavy (non-hydrogen) atoms. The predicted molar refractivity (Wildman–Crippen MR) is 73.4 cm³/mol. The van der Waals surface area contributed by atoms with Crippen LogP contribution in [0.3, 0.4) is 0 Å². The third-order valence-corrected chi connectivity index (χ3v) is 4.34. The van der Waals surface area contributed by atoms with Crippen LogP contribution in [0.2, 0.25) is 0 Å². The van der Waals surface area contributed by atoms with Crippen LogP contribution in [0.25, 0.3) is 0 Å². The first-order valence-electron chi connectivity index (χ1n) is 7.57. The lowest BCUT2D eigenvalue weighted by Gasteiger charge is -2.34. The molecule has 1 aliphatic heterocycles. The summed E-state index contributed by atoms with van der Waals surface area (Å²) in [4.78, 5) is 24.9. The number of hydrogen-bond acceptors (Lipinski definition) is 3. The van der Waals surface area contributed by atoms with Gasteiger partial charge in [-0.2, -0.15) is 0 Å². The van der Waals surface area contributed by atoms with Crippen LogP contribution in [0.5, 0.6) is 0 Å². The number of aliphatic hydroxyl groups is 1. The normalized spacial score (nSPS) is 31.4. The number of aliphatic carboxylic acids is 1. The van der Waals surface area contributed by atoms with E-state index in [1.54, 1.807) is 0 Å². The molecule has 2 aliphatic rings. The monoisotopic (exact) mass is 284 g/mol. The minimum absolute atomic E-state index is 0.249. The van der Waals surface area contributed by atoms with Gasteiger partial charge in [-0.3, -0.25) is 0 Å². The van der Waals surface area contributed by atoms with Crippen LogP contribution < -0.4 is 5.32 Å². The van der Waals surface area contributed by atoms with Crippen LogP contribution in [0, 0.1) is 0 Å². The summed E-state index contributed by atoms with van der Waals surface area (Å²) < 4.78 is 0. The number of rotatable bonds is 2. The third-order valence-electron chi connectivity index (χ3n) is 4.34. The van der Waals surface area contributed by atoms with Gasteiger partial charge in [0.1, 0.15) is 6.04 Å². The Kier molecular flexibility index (Phi) is 5.23. The van der Waals surface area contributed by atoms with E-state index in [-0.39, 0.29) is 12.1 Å². The van der Waals surface area contributed by atoms with E-state index in [1.807, 2.05) is 0 Å². The second-order valence-electron chi connectivity index (χ2n) is 5.80. The Labute approximate surface area is 119 Å². The summed E-state index contributed by atoms with van der Waals surface area (Å²) in [6.07, 6.45) is 6.18. The van der Waals surface area contributed by atoms with Gasteiger partial charge >= 0.3 is 12.0 Å². The van der Waals surface area contributed by atoms with E-state index in [2.05, 4.69) is 5.32 Å². The highest BCUT2D eigenvalue weighted by molar-refractivity contribution is 5.83. The zero-order valence-electron chi connectivity index (χ0n) is 11.8. The standard InChI is InChI=1S/C14H24N2O4/c17-12-8-3-1-2-6-10(12)15-14(20)16-9-5-4-7-11(16)13(18)19/h10-12,17H,1-9H2,(H,15,20)(H,18,19). The first-order chi connectivity index (χ1) is 9.59. The summed E-state index contributed by atoms with van der Waals surface area (Å²) >= 11 is 0. The van der Waals surface area contributed by atoms with E-state index in [9.17, 15) is 19.8 Å². The van der Waals surface area contributed by atoms with Gasteiger partial charge in [-0.25, -0.2) is 9.59 Å². The van der Waals surface area contributed by atoms with Crippen molar-refractivity contribution in [2.75, 3.05) is 6.54 Å². The average molecular weight is 284 g/mol. The first-order valence-corrected chi connectivity index (χ1v) is 7.57. The second-order valence-corrected chi connectivity index (χ2v) is 5.80. The molecule has 2 fully saturated rings.